The van der Waals surface area contributed by atoms with Gasteiger partial charge in [0.05, 0.1) is 0 Å². The summed E-state index contributed by atoms with van der Waals surface area (Å²) in [4.78, 5) is 24.3. The van der Waals surface area contributed by atoms with Crippen molar-refractivity contribution in [2.24, 2.45) is 0 Å². The summed E-state index contributed by atoms with van der Waals surface area (Å²) in [6, 6.07) is 0. The summed E-state index contributed by atoms with van der Waals surface area (Å²) in [6.07, 6.45) is 28.3. The minimum Gasteiger partial charge on any atom is -0.423 e. The second kappa shape index (κ2) is 24.6. The van der Waals surface area contributed by atoms with E-state index in [1.54, 1.807) is 13.8 Å². The van der Waals surface area contributed by atoms with Gasteiger partial charge in [-0.15, -0.1) is 0 Å². The predicted octanol–water partition coefficient (Wildman–Crippen LogP) is 10.2. The SMILES string of the molecule is CCCCCCCCCCCCCC(=O)OC(C)(C)OC(=O)CCCCCCCCCCCCC. The average Bonchev–Trinajstić information content (AvgIpc) is 2.80. The molecule has 0 heterocycles. The largest absolute Gasteiger partial charge is 0.423 e. The molecule has 0 bridgehead atoms. The predicted molar refractivity (Wildman–Crippen MR) is 148 cm³/mol. The number of ether oxygens (including phenoxy) is 2. The van der Waals surface area contributed by atoms with Gasteiger partial charge in [0.15, 0.2) is 0 Å². The summed E-state index contributed by atoms with van der Waals surface area (Å²) in [5.41, 5.74) is 0. The van der Waals surface area contributed by atoms with Crippen LogP contribution < -0.4 is 0 Å². The fourth-order valence-corrected chi connectivity index (χ4v) is 4.54. The Morgan fingerprint density at radius 2 is 0.657 bits per heavy atom. The van der Waals surface area contributed by atoms with Crippen LogP contribution in [0.1, 0.15) is 182 Å². The molecule has 0 aromatic heterocycles. The van der Waals surface area contributed by atoms with Crippen molar-refractivity contribution in [2.45, 2.75) is 188 Å². The maximum atomic E-state index is 12.1. The van der Waals surface area contributed by atoms with E-state index in [1.807, 2.05) is 0 Å². The standard InChI is InChI=1S/C31H60O4/c1-5-7-9-11-13-15-17-19-21-23-25-27-29(32)34-31(3,4)35-30(33)28-26-24-22-20-18-16-14-12-10-8-6-2/h5-28H2,1-4H3. The summed E-state index contributed by atoms with van der Waals surface area (Å²) < 4.78 is 10.9. The lowest BCUT2D eigenvalue weighted by Crippen LogP contribution is -2.33. The highest BCUT2D eigenvalue weighted by molar-refractivity contribution is 5.71. The zero-order chi connectivity index (χ0) is 26.0. The van der Waals surface area contributed by atoms with Gasteiger partial charge in [0, 0.05) is 26.7 Å². The Labute approximate surface area is 218 Å². The molecule has 0 amide bonds. The van der Waals surface area contributed by atoms with Gasteiger partial charge in [-0.25, -0.2) is 0 Å². The van der Waals surface area contributed by atoms with Crippen LogP contribution in [0.2, 0.25) is 0 Å². The summed E-state index contributed by atoms with van der Waals surface area (Å²) in [5.74, 6) is -1.72. The number of hydrogen-bond donors (Lipinski definition) is 0. The van der Waals surface area contributed by atoms with Crippen LogP contribution in [-0.2, 0) is 19.1 Å². The molecular formula is C31H60O4. The molecule has 4 nitrogen and oxygen atoms in total. The van der Waals surface area contributed by atoms with Crippen LogP contribution >= 0.6 is 0 Å². The van der Waals surface area contributed by atoms with Gasteiger partial charge in [-0.05, 0) is 12.8 Å². The van der Waals surface area contributed by atoms with Gasteiger partial charge in [0.1, 0.15) is 0 Å². The van der Waals surface area contributed by atoms with Crippen LogP contribution in [0.15, 0.2) is 0 Å². The Balaban J connectivity index is 3.61. The lowest BCUT2D eigenvalue weighted by atomic mass is 10.1. The zero-order valence-corrected chi connectivity index (χ0v) is 24.1. The van der Waals surface area contributed by atoms with Crippen molar-refractivity contribution in [1.29, 1.82) is 0 Å². The zero-order valence-electron chi connectivity index (χ0n) is 24.1. The number of carbonyl (C=O) groups is 2. The second-order valence-corrected chi connectivity index (χ2v) is 10.9. The lowest BCUT2D eigenvalue weighted by molar-refractivity contribution is -0.216. The van der Waals surface area contributed by atoms with E-state index in [-0.39, 0.29) is 11.9 Å². The average molecular weight is 497 g/mol. The van der Waals surface area contributed by atoms with E-state index in [0.29, 0.717) is 12.8 Å². The smallest absolute Gasteiger partial charge is 0.309 e. The summed E-state index contributed by atoms with van der Waals surface area (Å²) in [5, 5.41) is 0. The Morgan fingerprint density at radius 1 is 0.429 bits per heavy atom. The molecule has 0 radical (unpaired) electrons. The van der Waals surface area contributed by atoms with Crippen LogP contribution in [0.25, 0.3) is 0 Å². The van der Waals surface area contributed by atoms with Crippen molar-refractivity contribution >= 4 is 11.9 Å². The molecule has 4 heteroatoms. The fourth-order valence-electron chi connectivity index (χ4n) is 4.54. The first kappa shape index (κ1) is 33.9. The first-order valence-corrected chi connectivity index (χ1v) is 15.3. The fraction of sp³-hybridized carbons (Fsp3) is 0.935. The lowest BCUT2D eigenvalue weighted by Gasteiger charge is -2.25. The Hall–Kier alpha value is -1.06. The van der Waals surface area contributed by atoms with E-state index in [2.05, 4.69) is 13.8 Å². The van der Waals surface area contributed by atoms with Crippen molar-refractivity contribution < 1.29 is 19.1 Å². The van der Waals surface area contributed by atoms with Crippen molar-refractivity contribution in [3.05, 3.63) is 0 Å². The molecule has 0 aromatic rings. The second-order valence-electron chi connectivity index (χ2n) is 10.9. The molecule has 208 valence electrons. The van der Waals surface area contributed by atoms with Crippen LogP contribution in [0.3, 0.4) is 0 Å². The normalized spacial score (nSPS) is 11.5. The highest BCUT2D eigenvalue weighted by Crippen LogP contribution is 2.18. The quantitative estimate of drug-likeness (QED) is 0.0679. The first-order chi connectivity index (χ1) is 16.9. The molecule has 0 aliphatic carbocycles. The van der Waals surface area contributed by atoms with E-state index >= 15 is 0 Å². The third-order valence-electron chi connectivity index (χ3n) is 6.69. The molecule has 0 atom stereocenters. The molecule has 0 aliphatic rings. The monoisotopic (exact) mass is 496 g/mol. The number of carbonyl (C=O) groups excluding carboxylic acids is 2. The molecule has 0 N–H and O–H groups in total. The molecule has 35 heavy (non-hydrogen) atoms. The molecule has 0 rings (SSSR count). The third kappa shape index (κ3) is 25.8. The first-order valence-electron chi connectivity index (χ1n) is 15.3. The van der Waals surface area contributed by atoms with Gasteiger partial charge in [-0.3, -0.25) is 9.59 Å². The van der Waals surface area contributed by atoms with Gasteiger partial charge in [0.25, 0.3) is 5.79 Å². The number of hydrogen-bond acceptors (Lipinski definition) is 4. The van der Waals surface area contributed by atoms with E-state index in [9.17, 15) is 9.59 Å². The van der Waals surface area contributed by atoms with E-state index < -0.39 is 5.79 Å². The van der Waals surface area contributed by atoms with Crippen molar-refractivity contribution in [3.63, 3.8) is 0 Å². The molecule has 0 unspecified atom stereocenters. The Bertz CT molecular complexity index is 444. The van der Waals surface area contributed by atoms with E-state index in [4.69, 9.17) is 9.47 Å². The Kier molecular flexibility index (Phi) is 23.9. The maximum absolute atomic E-state index is 12.1. The van der Waals surface area contributed by atoms with Gasteiger partial charge in [-0.2, -0.15) is 0 Å². The summed E-state index contributed by atoms with van der Waals surface area (Å²) in [6.45, 7) is 7.82. The topological polar surface area (TPSA) is 52.6 Å². The molecule has 0 aliphatic heterocycles. The van der Waals surface area contributed by atoms with Crippen LogP contribution in [0.5, 0.6) is 0 Å². The summed E-state index contributed by atoms with van der Waals surface area (Å²) in [7, 11) is 0. The molecule has 0 fully saturated rings. The van der Waals surface area contributed by atoms with Gasteiger partial charge >= 0.3 is 11.9 Å². The minimum absolute atomic E-state index is 0.270. The molecular weight excluding hydrogens is 436 g/mol. The Morgan fingerprint density at radius 3 is 0.914 bits per heavy atom. The van der Waals surface area contributed by atoms with Crippen molar-refractivity contribution in [1.82, 2.24) is 0 Å². The van der Waals surface area contributed by atoms with Gasteiger partial charge < -0.3 is 9.47 Å². The van der Waals surface area contributed by atoms with Crippen molar-refractivity contribution in [2.75, 3.05) is 0 Å². The van der Waals surface area contributed by atoms with Crippen LogP contribution in [0.4, 0.5) is 0 Å². The summed E-state index contributed by atoms with van der Waals surface area (Å²) >= 11 is 0. The molecule has 0 aromatic carbocycles. The van der Waals surface area contributed by atoms with Crippen molar-refractivity contribution in [3.8, 4) is 0 Å². The molecule has 0 saturated heterocycles. The van der Waals surface area contributed by atoms with Gasteiger partial charge in [0.2, 0.25) is 0 Å². The van der Waals surface area contributed by atoms with Crippen LogP contribution in [0, 0.1) is 0 Å². The highest BCUT2D eigenvalue weighted by atomic mass is 16.7. The van der Waals surface area contributed by atoms with E-state index in [1.165, 1.54) is 116 Å². The minimum atomic E-state index is -1.18. The maximum Gasteiger partial charge on any atom is 0.309 e. The number of unbranched alkanes of at least 4 members (excludes halogenated alkanes) is 20. The molecule has 0 saturated carbocycles. The highest BCUT2D eigenvalue weighted by Gasteiger charge is 2.26. The van der Waals surface area contributed by atoms with Gasteiger partial charge in [-0.1, -0.05) is 142 Å². The number of rotatable bonds is 26. The van der Waals surface area contributed by atoms with E-state index in [0.717, 1.165) is 25.7 Å². The number of esters is 2. The third-order valence-corrected chi connectivity index (χ3v) is 6.69. The molecule has 0 spiro atoms. The van der Waals surface area contributed by atoms with Crippen LogP contribution in [-0.4, -0.2) is 17.7 Å².